The Kier molecular flexibility index (Phi) is 5.08. The van der Waals surface area contributed by atoms with Crippen molar-refractivity contribution in [2.45, 2.75) is 6.42 Å². The Morgan fingerprint density at radius 2 is 2.25 bits per heavy atom. The second-order valence-corrected chi connectivity index (χ2v) is 3.81. The number of carbonyl (C=O) groups is 1. The van der Waals surface area contributed by atoms with Gasteiger partial charge in [0.2, 0.25) is 0 Å². The van der Waals surface area contributed by atoms with Gasteiger partial charge in [-0.05, 0) is 24.6 Å². The van der Waals surface area contributed by atoms with Crippen LogP contribution in [0.3, 0.4) is 0 Å². The molecule has 1 rings (SSSR count). The predicted molar refractivity (Wildman–Crippen MR) is 64.7 cm³/mol. The van der Waals surface area contributed by atoms with Crippen LogP contribution in [-0.4, -0.2) is 26.2 Å². The first-order valence-corrected chi connectivity index (χ1v) is 5.34. The lowest BCUT2D eigenvalue weighted by Crippen LogP contribution is -2.25. The number of nitrogens with one attached hydrogen (secondary N) is 1. The summed E-state index contributed by atoms with van der Waals surface area (Å²) in [6.45, 7) is 1.19. The number of hydrogen-bond acceptors (Lipinski definition) is 3. The molecule has 0 heterocycles. The quantitative estimate of drug-likeness (QED) is 0.610. The third kappa shape index (κ3) is 4.08. The van der Waals surface area contributed by atoms with E-state index in [0.717, 1.165) is 6.42 Å². The van der Waals surface area contributed by atoms with Crippen molar-refractivity contribution in [3.05, 3.63) is 28.8 Å². The molecule has 0 saturated heterocycles. The molecular weight excluding hydrogens is 228 g/mol. The highest BCUT2D eigenvalue weighted by Gasteiger charge is 2.06. The predicted octanol–water partition coefficient (Wildman–Crippen LogP) is 1.69. The fraction of sp³-hybridized carbons (Fsp3) is 0.364. The van der Waals surface area contributed by atoms with E-state index < -0.39 is 0 Å². The minimum absolute atomic E-state index is 0.176. The van der Waals surface area contributed by atoms with Gasteiger partial charge in [-0.1, -0.05) is 11.6 Å². The largest absolute Gasteiger partial charge is 0.399 e. The van der Waals surface area contributed by atoms with Gasteiger partial charge in [0.25, 0.3) is 5.91 Å². The van der Waals surface area contributed by atoms with E-state index in [4.69, 9.17) is 22.1 Å². The van der Waals surface area contributed by atoms with Crippen LogP contribution >= 0.6 is 11.6 Å². The monoisotopic (exact) mass is 242 g/mol. The Labute approximate surface area is 99.7 Å². The summed E-state index contributed by atoms with van der Waals surface area (Å²) < 4.78 is 4.88. The molecule has 0 atom stereocenters. The van der Waals surface area contributed by atoms with Crippen LogP contribution in [0.5, 0.6) is 0 Å². The fourth-order valence-electron chi connectivity index (χ4n) is 1.26. The van der Waals surface area contributed by atoms with E-state index in [1.165, 1.54) is 0 Å². The van der Waals surface area contributed by atoms with Crippen LogP contribution in [0.25, 0.3) is 0 Å². The first kappa shape index (κ1) is 12.8. The molecule has 0 aliphatic heterocycles. The summed E-state index contributed by atoms with van der Waals surface area (Å²) in [5.41, 5.74) is 6.54. The number of amides is 1. The van der Waals surface area contributed by atoms with Gasteiger partial charge in [-0.3, -0.25) is 4.79 Å². The number of carbonyl (C=O) groups excluding carboxylic acids is 1. The molecule has 1 aromatic carbocycles. The van der Waals surface area contributed by atoms with Gasteiger partial charge in [0.1, 0.15) is 0 Å². The van der Waals surface area contributed by atoms with Crippen LogP contribution in [0, 0.1) is 0 Å². The molecule has 0 fully saturated rings. The normalized spacial score (nSPS) is 10.1. The van der Waals surface area contributed by atoms with Gasteiger partial charge in [0.05, 0.1) is 0 Å². The van der Waals surface area contributed by atoms with Gasteiger partial charge in [-0.25, -0.2) is 0 Å². The Bertz CT molecular complexity index is 349. The van der Waals surface area contributed by atoms with Crippen LogP contribution in [0.4, 0.5) is 5.69 Å². The Balaban J connectivity index is 2.52. The molecule has 88 valence electrons. The van der Waals surface area contributed by atoms with E-state index in [9.17, 15) is 4.79 Å². The zero-order valence-electron chi connectivity index (χ0n) is 9.13. The van der Waals surface area contributed by atoms with Crippen LogP contribution in [0.2, 0.25) is 5.02 Å². The summed E-state index contributed by atoms with van der Waals surface area (Å²) in [5.74, 6) is -0.176. The smallest absolute Gasteiger partial charge is 0.251 e. The molecule has 0 unspecified atom stereocenters. The first-order chi connectivity index (χ1) is 7.63. The molecule has 3 N–H and O–H groups in total. The average molecular weight is 243 g/mol. The lowest BCUT2D eigenvalue weighted by atomic mass is 10.2. The van der Waals surface area contributed by atoms with Gasteiger partial charge >= 0.3 is 0 Å². The topological polar surface area (TPSA) is 64.3 Å². The highest BCUT2D eigenvalue weighted by atomic mass is 35.5. The lowest BCUT2D eigenvalue weighted by Gasteiger charge is -2.06. The summed E-state index contributed by atoms with van der Waals surface area (Å²) >= 11 is 5.80. The summed E-state index contributed by atoms with van der Waals surface area (Å²) in [6, 6.07) is 4.78. The molecule has 16 heavy (non-hydrogen) atoms. The molecule has 0 saturated carbocycles. The van der Waals surface area contributed by atoms with Crippen molar-refractivity contribution in [2.75, 3.05) is 26.0 Å². The number of ether oxygens (including phenoxy) is 1. The number of halogens is 1. The van der Waals surface area contributed by atoms with Crippen LogP contribution < -0.4 is 11.1 Å². The molecule has 1 aromatic rings. The average Bonchev–Trinajstić information content (AvgIpc) is 2.22. The standard InChI is InChI=1S/C11H15ClN2O2/c1-16-4-2-3-14-11(15)8-5-9(12)7-10(13)6-8/h5-7H,2-4,13H2,1H3,(H,14,15). The van der Waals surface area contributed by atoms with E-state index >= 15 is 0 Å². The Hall–Kier alpha value is -1.26. The molecule has 0 aliphatic carbocycles. The lowest BCUT2D eigenvalue weighted by molar-refractivity contribution is 0.0948. The van der Waals surface area contributed by atoms with Crippen molar-refractivity contribution in [3.8, 4) is 0 Å². The highest BCUT2D eigenvalue weighted by Crippen LogP contribution is 2.16. The number of rotatable bonds is 5. The number of hydrogen-bond donors (Lipinski definition) is 2. The summed E-state index contributed by atoms with van der Waals surface area (Å²) in [4.78, 5) is 11.6. The van der Waals surface area contributed by atoms with Crippen molar-refractivity contribution in [2.24, 2.45) is 0 Å². The Morgan fingerprint density at radius 3 is 2.88 bits per heavy atom. The third-order valence-electron chi connectivity index (χ3n) is 1.99. The third-order valence-corrected chi connectivity index (χ3v) is 2.21. The number of nitrogen functional groups attached to an aromatic ring is 1. The maximum absolute atomic E-state index is 11.6. The van der Waals surface area contributed by atoms with Gasteiger partial charge in [0.15, 0.2) is 0 Å². The minimum Gasteiger partial charge on any atom is -0.399 e. The van der Waals surface area contributed by atoms with Crippen molar-refractivity contribution in [1.29, 1.82) is 0 Å². The van der Waals surface area contributed by atoms with E-state index in [-0.39, 0.29) is 5.91 Å². The highest BCUT2D eigenvalue weighted by molar-refractivity contribution is 6.31. The van der Waals surface area contributed by atoms with Crippen LogP contribution in [0.1, 0.15) is 16.8 Å². The molecular formula is C11H15ClN2O2. The van der Waals surface area contributed by atoms with E-state index in [0.29, 0.717) is 29.4 Å². The van der Waals surface area contributed by atoms with Gasteiger partial charge in [-0.15, -0.1) is 0 Å². The fourth-order valence-corrected chi connectivity index (χ4v) is 1.51. The van der Waals surface area contributed by atoms with Gasteiger partial charge < -0.3 is 15.8 Å². The van der Waals surface area contributed by atoms with Crippen molar-refractivity contribution < 1.29 is 9.53 Å². The van der Waals surface area contributed by atoms with Crippen molar-refractivity contribution in [3.63, 3.8) is 0 Å². The molecule has 0 aromatic heterocycles. The maximum Gasteiger partial charge on any atom is 0.251 e. The summed E-state index contributed by atoms with van der Waals surface area (Å²) in [6.07, 6.45) is 0.776. The minimum atomic E-state index is -0.176. The number of benzene rings is 1. The molecule has 0 radical (unpaired) electrons. The number of nitrogens with two attached hydrogens (primary N) is 1. The number of anilines is 1. The van der Waals surface area contributed by atoms with Crippen molar-refractivity contribution >= 4 is 23.2 Å². The Morgan fingerprint density at radius 1 is 1.50 bits per heavy atom. The van der Waals surface area contributed by atoms with E-state index in [2.05, 4.69) is 5.32 Å². The molecule has 5 heteroatoms. The molecule has 4 nitrogen and oxygen atoms in total. The van der Waals surface area contributed by atoms with E-state index in [1.807, 2.05) is 0 Å². The zero-order valence-corrected chi connectivity index (χ0v) is 9.88. The van der Waals surface area contributed by atoms with Gasteiger partial charge in [0, 0.05) is 36.5 Å². The van der Waals surface area contributed by atoms with Gasteiger partial charge in [-0.2, -0.15) is 0 Å². The molecule has 0 bridgehead atoms. The zero-order chi connectivity index (χ0) is 12.0. The maximum atomic E-state index is 11.6. The summed E-state index contributed by atoms with van der Waals surface area (Å²) in [7, 11) is 1.62. The van der Waals surface area contributed by atoms with Crippen LogP contribution in [0.15, 0.2) is 18.2 Å². The second kappa shape index (κ2) is 6.35. The second-order valence-electron chi connectivity index (χ2n) is 3.38. The number of methoxy groups -OCH3 is 1. The first-order valence-electron chi connectivity index (χ1n) is 4.96. The molecule has 1 amide bonds. The summed E-state index contributed by atoms with van der Waals surface area (Å²) in [5, 5.41) is 3.22. The van der Waals surface area contributed by atoms with Crippen LogP contribution in [-0.2, 0) is 4.74 Å². The molecule has 0 aliphatic rings. The SMILES string of the molecule is COCCCNC(=O)c1cc(N)cc(Cl)c1. The van der Waals surface area contributed by atoms with Crippen molar-refractivity contribution in [1.82, 2.24) is 5.32 Å². The van der Waals surface area contributed by atoms with E-state index in [1.54, 1.807) is 25.3 Å². The molecule has 0 spiro atoms.